The van der Waals surface area contributed by atoms with Crippen molar-refractivity contribution in [3.63, 3.8) is 0 Å². The molecule has 2 fully saturated rings. The van der Waals surface area contributed by atoms with Gasteiger partial charge in [0.1, 0.15) is 5.82 Å². The van der Waals surface area contributed by atoms with Gasteiger partial charge in [0.05, 0.1) is 27.3 Å². The first kappa shape index (κ1) is 22.2. The minimum atomic E-state index is -0.436. The molecule has 4 heterocycles. The van der Waals surface area contributed by atoms with Crippen LogP contribution in [0.2, 0.25) is 0 Å². The Morgan fingerprint density at radius 3 is 2.62 bits per heavy atom. The number of carbonyl (C=O) groups excluding carboxylic acids is 2. The van der Waals surface area contributed by atoms with Gasteiger partial charge in [0.2, 0.25) is 0 Å². The normalized spacial score (nSPS) is 17.5. The van der Waals surface area contributed by atoms with Gasteiger partial charge in [-0.05, 0) is 53.7 Å². The molecule has 7 nitrogen and oxygen atoms in total. The summed E-state index contributed by atoms with van der Waals surface area (Å²) in [7, 11) is 0. The van der Waals surface area contributed by atoms with Crippen LogP contribution in [-0.2, 0) is 4.79 Å². The van der Waals surface area contributed by atoms with Crippen LogP contribution in [-0.4, -0.2) is 47.3 Å². The SMILES string of the molecule is Cl.O=C1NC(=O)C(=Cc2ccc3nccc(-c4ccc(N5CCNCC5)c(F)c4)c3n2)S1. The number of amides is 2. The molecule has 2 aliphatic rings. The number of benzene rings is 1. The first-order chi connectivity index (χ1) is 15.1. The third-order valence-corrected chi connectivity index (χ3v) is 6.05. The predicted octanol–water partition coefficient (Wildman–Crippen LogP) is 3.59. The van der Waals surface area contributed by atoms with Crippen LogP contribution in [0.5, 0.6) is 0 Å². The van der Waals surface area contributed by atoms with E-state index in [4.69, 9.17) is 0 Å². The fraction of sp³-hybridized carbons (Fsp3) is 0.182. The van der Waals surface area contributed by atoms with Crippen molar-refractivity contribution in [2.45, 2.75) is 0 Å². The van der Waals surface area contributed by atoms with Crippen molar-refractivity contribution in [3.8, 4) is 11.1 Å². The fourth-order valence-electron chi connectivity index (χ4n) is 3.75. The lowest BCUT2D eigenvalue weighted by atomic mass is 10.0. The largest absolute Gasteiger partial charge is 0.367 e. The van der Waals surface area contributed by atoms with E-state index in [1.165, 1.54) is 6.07 Å². The second kappa shape index (κ2) is 9.23. The van der Waals surface area contributed by atoms with Gasteiger partial charge in [-0.15, -0.1) is 12.4 Å². The van der Waals surface area contributed by atoms with E-state index < -0.39 is 11.1 Å². The quantitative estimate of drug-likeness (QED) is 0.564. The van der Waals surface area contributed by atoms with E-state index in [0.717, 1.165) is 43.5 Å². The first-order valence-corrected chi connectivity index (χ1v) is 10.7. The molecule has 3 aromatic rings. The third kappa shape index (κ3) is 4.32. The number of pyridine rings is 2. The van der Waals surface area contributed by atoms with Gasteiger partial charge in [-0.3, -0.25) is 19.9 Å². The summed E-state index contributed by atoms with van der Waals surface area (Å²) < 4.78 is 15.0. The summed E-state index contributed by atoms with van der Waals surface area (Å²) in [6, 6.07) is 10.5. The zero-order valence-corrected chi connectivity index (χ0v) is 18.4. The maximum absolute atomic E-state index is 15.0. The molecular formula is C22H19ClFN5O2S. The highest BCUT2D eigenvalue weighted by Gasteiger charge is 2.25. The second-order valence-corrected chi connectivity index (χ2v) is 8.23. The summed E-state index contributed by atoms with van der Waals surface area (Å²) in [4.78, 5) is 34.5. The molecule has 0 saturated carbocycles. The molecule has 5 rings (SSSR count). The molecule has 0 atom stereocenters. The minimum absolute atomic E-state index is 0. The van der Waals surface area contributed by atoms with Crippen molar-refractivity contribution >= 4 is 58.1 Å². The molecule has 2 aliphatic heterocycles. The second-order valence-electron chi connectivity index (χ2n) is 7.22. The van der Waals surface area contributed by atoms with Gasteiger partial charge in [0.25, 0.3) is 11.1 Å². The van der Waals surface area contributed by atoms with E-state index in [1.807, 2.05) is 11.0 Å². The maximum Gasteiger partial charge on any atom is 0.290 e. The Morgan fingerprint density at radius 2 is 1.91 bits per heavy atom. The molecule has 1 aromatic carbocycles. The summed E-state index contributed by atoms with van der Waals surface area (Å²) in [5, 5.41) is 5.09. The number of anilines is 1. The highest BCUT2D eigenvalue weighted by atomic mass is 35.5. The number of nitrogens with one attached hydrogen (secondary N) is 2. The fourth-order valence-corrected chi connectivity index (χ4v) is 4.41. The molecule has 0 spiro atoms. The number of aromatic nitrogens is 2. The Morgan fingerprint density at radius 1 is 1.09 bits per heavy atom. The molecule has 2 N–H and O–H groups in total. The number of halogens is 2. The van der Waals surface area contributed by atoms with E-state index in [9.17, 15) is 14.0 Å². The molecule has 0 bridgehead atoms. The Bertz CT molecular complexity index is 1250. The molecule has 2 saturated heterocycles. The third-order valence-electron chi connectivity index (χ3n) is 5.24. The molecule has 164 valence electrons. The van der Waals surface area contributed by atoms with Crippen molar-refractivity contribution in [2.24, 2.45) is 0 Å². The molecule has 32 heavy (non-hydrogen) atoms. The Labute approximate surface area is 193 Å². The van der Waals surface area contributed by atoms with Crippen molar-refractivity contribution in [3.05, 3.63) is 59.0 Å². The molecule has 2 amide bonds. The molecule has 10 heteroatoms. The lowest BCUT2D eigenvalue weighted by Gasteiger charge is -2.29. The monoisotopic (exact) mass is 471 g/mol. The van der Waals surface area contributed by atoms with E-state index >= 15 is 0 Å². The van der Waals surface area contributed by atoms with Gasteiger partial charge in [0.15, 0.2) is 0 Å². The van der Waals surface area contributed by atoms with Gasteiger partial charge in [0, 0.05) is 37.9 Å². The molecule has 2 aromatic heterocycles. The number of imide groups is 1. The molecular weight excluding hydrogens is 453 g/mol. The average Bonchev–Trinajstić information content (AvgIpc) is 3.10. The summed E-state index contributed by atoms with van der Waals surface area (Å²) in [5.41, 5.74) is 3.81. The van der Waals surface area contributed by atoms with Crippen LogP contribution in [0.15, 0.2) is 47.5 Å². The Balaban J connectivity index is 0.00000245. The summed E-state index contributed by atoms with van der Waals surface area (Å²) in [6.45, 7) is 3.20. The first-order valence-electron chi connectivity index (χ1n) is 9.85. The van der Waals surface area contributed by atoms with Crippen molar-refractivity contribution in [1.82, 2.24) is 20.6 Å². The number of nitrogens with zero attached hydrogens (tertiary/aromatic N) is 3. The standard InChI is InChI=1S/C22H18FN5O2S.ClH/c23-16-11-13(1-4-18(16)28-9-7-24-8-10-28)15-5-6-25-17-3-2-14(26-20(15)17)12-19-21(29)27-22(30)31-19;/h1-6,11-12,24H,7-10H2,(H,27,29,30);1H. The average molecular weight is 472 g/mol. The van der Waals surface area contributed by atoms with Gasteiger partial charge in [-0.1, -0.05) is 6.07 Å². The number of hydrogen-bond donors (Lipinski definition) is 2. The maximum atomic E-state index is 15.0. The molecule has 0 radical (unpaired) electrons. The van der Waals surface area contributed by atoms with E-state index in [2.05, 4.69) is 20.6 Å². The summed E-state index contributed by atoms with van der Waals surface area (Å²) in [5.74, 6) is -0.714. The van der Waals surface area contributed by atoms with Crippen LogP contribution in [0.4, 0.5) is 14.9 Å². The van der Waals surface area contributed by atoms with Crippen molar-refractivity contribution in [2.75, 3.05) is 31.1 Å². The zero-order chi connectivity index (χ0) is 21.4. The van der Waals surface area contributed by atoms with E-state index in [1.54, 1.807) is 36.5 Å². The van der Waals surface area contributed by atoms with Gasteiger partial charge < -0.3 is 10.2 Å². The van der Waals surface area contributed by atoms with Crippen LogP contribution in [0.1, 0.15) is 5.69 Å². The number of carbonyl (C=O) groups is 2. The lowest BCUT2D eigenvalue weighted by molar-refractivity contribution is -0.115. The van der Waals surface area contributed by atoms with Gasteiger partial charge in [-0.25, -0.2) is 9.37 Å². The predicted molar refractivity (Wildman–Crippen MR) is 126 cm³/mol. The zero-order valence-electron chi connectivity index (χ0n) is 16.8. The topological polar surface area (TPSA) is 87.2 Å². The van der Waals surface area contributed by atoms with Gasteiger partial charge >= 0.3 is 0 Å². The Hall–Kier alpha value is -3.01. The summed E-state index contributed by atoms with van der Waals surface area (Å²) in [6.07, 6.45) is 3.23. The number of fused-ring (bicyclic) bond motifs is 1. The van der Waals surface area contributed by atoms with Crippen LogP contribution < -0.4 is 15.5 Å². The van der Waals surface area contributed by atoms with E-state index in [0.29, 0.717) is 28.0 Å². The van der Waals surface area contributed by atoms with Crippen molar-refractivity contribution < 1.29 is 14.0 Å². The van der Waals surface area contributed by atoms with E-state index in [-0.39, 0.29) is 23.1 Å². The highest BCUT2D eigenvalue weighted by molar-refractivity contribution is 8.18. The van der Waals surface area contributed by atoms with Crippen molar-refractivity contribution in [1.29, 1.82) is 0 Å². The highest BCUT2D eigenvalue weighted by Crippen LogP contribution is 2.31. The molecule has 0 aliphatic carbocycles. The number of hydrogen-bond acceptors (Lipinski definition) is 7. The summed E-state index contributed by atoms with van der Waals surface area (Å²) >= 11 is 0.839. The van der Waals surface area contributed by atoms with Crippen LogP contribution in [0.3, 0.4) is 0 Å². The number of piperazine rings is 1. The van der Waals surface area contributed by atoms with Crippen LogP contribution in [0.25, 0.3) is 28.2 Å². The lowest BCUT2D eigenvalue weighted by Crippen LogP contribution is -2.43. The molecule has 0 unspecified atom stereocenters. The van der Waals surface area contributed by atoms with Crippen LogP contribution >= 0.6 is 24.2 Å². The number of rotatable bonds is 3. The van der Waals surface area contributed by atoms with Crippen LogP contribution in [0, 0.1) is 5.82 Å². The minimum Gasteiger partial charge on any atom is -0.367 e. The van der Waals surface area contributed by atoms with Gasteiger partial charge in [-0.2, -0.15) is 0 Å². The Kier molecular flexibility index (Phi) is 6.40. The smallest absolute Gasteiger partial charge is 0.290 e. The number of thioether (sulfide) groups is 1.